The fraction of sp³-hybridized carbons (Fsp3) is 0.421. The molecule has 2 unspecified atom stereocenters. The topological polar surface area (TPSA) is 86.1 Å². The number of aryl methyl sites for hydroxylation is 1. The van der Waals surface area contributed by atoms with E-state index in [1.54, 1.807) is 11.0 Å². The number of morpholine rings is 1. The molecular formula is C19H24N6O2. The molecule has 3 heterocycles. The fourth-order valence-corrected chi connectivity index (χ4v) is 3.34. The highest BCUT2D eigenvalue weighted by atomic mass is 16.5. The highest BCUT2D eigenvalue weighted by Crippen LogP contribution is 2.35. The normalized spacial score (nSPS) is 18.4. The molecule has 1 aliphatic rings. The highest BCUT2D eigenvalue weighted by Gasteiger charge is 2.23. The standard InChI is InChI=1S/C19H24N6O2/c1-12(16-10-26-5-4-21-16)27-17-7-13(14-8-24-25(3)9-14)6-15-18(17)19(20-2)23-11-22-15/h6-9,11-12,16,21H,4-5,10H2,1-3H3,(H,20,22,23). The van der Waals surface area contributed by atoms with E-state index in [0.29, 0.717) is 6.61 Å². The summed E-state index contributed by atoms with van der Waals surface area (Å²) in [5, 5.41) is 11.7. The van der Waals surface area contributed by atoms with Gasteiger partial charge >= 0.3 is 0 Å². The minimum Gasteiger partial charge on any atom is -0.488 e. The molecule has 4 rings (SSSR count). The molecule has 1 saturated heterocycles. The van der Waals surface area contributed by atoms with Gasteiger partial charge in [0, 0.05) is 32.4 Å². The molecule has 1 aromatic carbocycles. The third-order valence-electron chi connectivity index (χ3n) is 4.81. The van der Waals surface area contributed by atoms with Crippen molar-refractivity contribution in [2.24, 2.45) is 7.05 Å². The van der Waals surface area contributed by atoms with Crippen LogP contribution in [0.2, 0.25) is 0 Å². The maximum Gasteiger partial charge on any atom is 0.140 e. The number of fused-ring (bicyclic) bond motifs is 1. The van der Waals surface area contributed by atoms with Gasteiger partial charge in [-0.1, -0.05) is 0 Å². The third kappa shape index (κ3) is 3.58. The van der Waals surface area contributed by atoms with Crippen LogP contribution in [0.5, 0.6) is 5.75 Å². The van der Waals surface area contributed by atoms with Crippen LogP contribution in [0.15, 0.2) is 30.9 Å². The second-order valence-electron chi connectivity index (χ2n) is 6.70. The molecule has 8 heteroatoms. The molecule has 2 atom stereocenters. The largest absolute Gasteiger partial charge is 0.488 e. The Bertz CT molecular complexity index is 935. The van der Waals surface area contributed by atoms with Crippen LogP contribution in [-0.2, 0) is 11.8 Å². The van der Waals surface area contributed by atoms with Crippen molar-refractivity contribution >= 4 is 16.7 Å². The summed E-state index contributed by atoms with van der Waals surface area (Å²) in [7, 11) is 3.75. The summed E-state index contributed by atoms with van der Waals surface area (Å²) in [5.74, 6) is 1.49. The molecule has 0 amide bonds. The van der Waals surface area contributed by atoms with E-state index in [4.69, 9.17) is 9.47 Å². The molecule has 2 aromatic heterocycles. The number of benzene rings is 1. The molecule has 3 aromatic rings. The van der Waals surface area contributed by atoms with E-state index in [-0.39, 0.29) is 12.1 Å². The molecule has 1 fully saturated rings. The molecule has 142 valence electrons. The summed E-state index contributed by atoms with van der Waals surface area (Å²) in [5.41, 5.74) is 2.85. The smallest absolute Gasteiger partial charge is 0.140 e. The van der Waals surface area contributed by atoms with Gasteiger partial charge < -0.3 is 20.1 Å². The van der Waals surface area contributed by atoms with Gasteiger partial charge in [0.1, 0.15) is 24.0 Å². The number of nitrogens with zero attached hydrogens (tertiary/aromatic N) is 4. The van der Waals surface area contributed by atoms with Crippen LogP contribution in [0.3, 0.4) is 0 Å². The Labute approximate surface area is 157 Å². The van der Waals surface area contributed by atoms with Crippen LogP contribution in [0.1, 0.15) is 6.92 Å². The van der Waals surface area contributed by atoms with Crippen LogP contribution in [0.4, 0.5) is 5.82 Å². The molecule has 0 aliphatic carbocycles. The molecule has 0 radical (unpaired) electrons. The fourth-order valence-electron chi connectivity index (χ4n) is 3.34. The molecule has 27 heavy (non-hydrogen) atoms. The lowest BCUT2D eigenvalue weighted by Crippen LogP contribution is -2.49. The van der Waals surface area contributed by atoms with Gasteiger partial charge in [-0.3, -0.25) is 4.68 Å². The lowest BCUT2D eigenvalue weighted by Gasteiger charge is -2.29. The third-order valence-corrected chi connectivity index (χ3v) is 4.81. The van der Waals surface area contributed by atoms with Crippen LogP contribution in [-0.4, -0.2) is 58.7 Å². The van der Waals surface area contributed by atoms with E-state index in [1.165, 1.54) is 0 Å². The van der Waals surface area contributed by atoms with Crippen LogP contribution in [0, 0.1) is 0 Å². The van der Waals surface area contributed by atoms with E-state index >= 15 is 0 Å². The summed E-state index contributed by atoms with van der Waals surface area (Å²) < 4.78 is 13.8. The van der Waals surface area contributed by atoms with Gasteiger partial charge in [0.05, 0.1) is 36.4 Å². The Morgan fingerprint density at radius 3 is 2.93 bits per heavy atom. The first kappa shape index (κ1) is 17.7. The number of hydrogen-bond donors (Lipinski definition) is 2. The zero-order chi connectivity index (χ0) is 18.8. The molecule has 8 nitrogen and oxygen atoms in total. The predicted octanol–water partition coefficient (Wildman–Crippen LogP) is 1.83. The average Bonchev–Trinajstić information content (AvgIpc) is 3.14. The summed E-state index contributed by atoms with van der Waals surface area (Å²) in [6.07, 6.45) is 5.31. The molecule has 0 spiro atoms. The minimum atomic E-state index is -0.0671. The van der Waals surface area contributed by atoms with Crippen LogP contribution in [0.25, 0.3) is 22.0 Å². The number of hydrogen-bond acceptors (Lipinski definition) is 7. The van der Waals surface area contributed by atoms with E-state index in [2.05, 4.69) is 32.6 Å². The number of rotatable bonds is 5. The summed E-state index contributed by atoms with van der Waals surface area (Å²) in [4.78, 5) is 8.82. The van der Waals surface area contributed by atoms with Crippen LogP contribution < -0.4 is 15.4 Å². The molecular weight excluding hydrogens is 344 g/mol. The quantitative estimate of drug-likeness (QED) is 0.710. The second kappa shape index (κ2) is 7.50. The van der Waals surface area contributed by atoms with Crippen molar-refractivity contribution in [3.8, 4) is 16.9 Å². The molecule has 1 aliphatic heterocycles. The van der Waals surface area contributed by atoms with Gasteiger partial charge in [-0.05, 0) is 24.6 Å². The number of anilines is 1. The summed E-state index contributed by atoms with van der Waals surface area (Å²) in [6.45, 7) is 4.26. The van der Waals surface area contributed by atoms with Gasteiger partial charge in [0.25, 0.3) is 0 Å². The zero-order valence-corrected chi connectivity index (χ0v) is 15.8. The lowest BCUT2D eigenvalue weighted by atomic mass is 10.1. The van der Waals surface area contributed by atoms with E-state index in [9.17, 15) is 0 Å². The Morgan fingerprint density at radius 1 is 1.33 bits per heavy atom. The maximum absolute atomic E-state index is 6.39. The van der Waals surface area contributed by atoms with Crippen molar-refractivity contribution < 1.29 is 9.47 Å². The predicted molar refractivity (Wildman–Crippen MR) is 104 cm³/mol. The Hall–Kier alpha value is -2.71. The van der Waals surface area contributed by atoms with Crippen molar-refractivity contribution in [2.45, 2.75) is 19.1 Å². The van der Waals surface area contributed by atoms with Gasteiger partial charge in [-0.15, -0.1) is 0 Å². The van der Waals surface area contributed by atoms with Crippen molar-refractivity contribution in [3.05, 3.63) is 30.9 Å². The molecule has 2 N–H and O–H groups in total. The molecule has 0 saturated carbocycles. The first-order valence-corrected chi connectivity index (χ1v) is 9.09. The Balaban J connectivity index is 1.77. The number of ether oxygens (including phenoxy) is 2. The van der Waals surface area contributed by atoms with Gasteiger partial charge in [0.2, 0.25) is 0 Å². The lowest BCUT2D eigenvalue weighted by molar-refractivity contribution is 0.0342. The van der Waals surface area contributed by atoms with E-state index < -0.39 is 0 Å². The maximum atomic E-state index is 6.39. The van der Waals surface area contributed by atoms with Gasteiger partial charge in [-0.25, -0.2) is 9.97 Å². The van der Waals surface area contributed by atoms with Gasteiger partial charge in [0.15, 0.2) is 0 Å². The second-order valence-corrected chi connectivity index (χ2v) is 6.70. The van der Waals surface area contributed by atoms with E-state index in [0.717, 1.165) is 46.7 Å². The zero-order valence-electron chi connectivity index (χ0n) is 15.8. The summed E-state index contributed by atoms with van der Waals surface area (Å²) in [6, 6.07) is 4.21. The first-order chi connectivity index (χ1) is 13.2. The van der Waals surface area contributed by atoms with Crippen molar-refractivity contribution in [1.29, 1.82) is 0 Å². The van der Waals surface area contributed by atoms with Crippen molar-refractivity contribution in [3.63, 3.8) is 0 Å². The monoisotopic (exact) mass is 368 g/mol. The first-order valence-electron chi connectivity index (χ1n) is 9.09. The highest BCUT2D eigenvalue weighted by molar-refractivity contribution is 5.97. The number of nitrogens with one attached hydrogen (secondary N) is 2. The van der Waals surface area contributed by atoms with Crippen molar-refractivity contribution in [1.82, 2.24) is 25.1 Å². The summed E-state index contributed by atoms with van der Waals surface area (Å²) >= 11 is 0. The van der Waals surface area contributed by atoms with Crippen LogP contribution >= 0.6 is 0 Å². The molecule has 0 bridgehead atoms. The van der Waals surface area contributed by atoms with Crippen molar-refractivity contribution in [2.75, 3.05) is 32.1 Å². The average molecular weight is 368 g/mol. The Kier molecular flexibility index (Phi) is 4.91. The number of aromatic nitrogens is 4. The Morgan fingerprint density at radius 2 is 2.22 bits per heavy atom. The SMILES string of the molecule is CNc1ncnc2cc(-c3cnn(C)c3)cc(OC(C)C3COCCN3)c12. The van der Waals surface area contributed by atoms with Gasteiger partial charge in [-0.2, -0.15) is 5.10 Å². The van der Waals surface area contributed by atoms with E-state index in [1.807, 2.05) is 38.6 Å². The minimum absolute atomic E-state index is 0.0671.